The third kappa shape index (κ3) is 2.96. The Bertz CT molecular complexity index is 642. The van der Waals surface area contributed by atoms with Crippen molar-refractivity contribution in [3.63, 3.8) is 0 Å². The molecule has 0 bridgehead atoms. The Kier molecular flexibility index (Phi) is 3.99. The van der Waals surface area contributed by atoms with Crippen molar-refractivity contribution in [2.45, 2.75) is 19.0 Å². The van der Waals surface area contributed by atoms with E-state index < -0.39 is 17.7 Å². The van der Waals surface area contributed by atoms with Gasteiger partial charge in [0.05, 0.1) is 0 Å². The zero-order chi connectivity index (χ0) is 14.8. The molecule has 2 nitrogen and oxygen atoms in total. The number of halogens is 2. The van der Waals surface area contributed by atoms with Crippen LogP contribution in [0.3, 0.4) is 0 Å². The fourth-order valence-corrected chi connectivity index (χ4v) is 2.89. The van der Waals surface area contributed by atoms with E-state index in [0.29, 0.717) is 6.54 Å². The van der Waals surface area contributed by atoms with Crippen molar-refractivity contribution in [3.8, 4) is 0 Å². The lowest BCUT2D eigenvalue weighted by atomic mass is 9.98. The van der Waals surface area contributed by atoms with Gasteiger partial charge in [-0.25, -0.2) is 8.78 Å². The summed E-state index contributed by atoms with van der Waals surface area (Å²) in [5.74, 6) is -1.67. The maximum atomic E-state index is 13.8. The number of rotatable bonds is 3. The standard InChI is InChI=1S/C17H18F2N2/c18-15-7-3-6-14(17(15)19)16(20)11-21-9-8-12-4-1-2-5-13(12)10-21/h1-7,16H,8-11,20H2. The van der Waals surface area contributed by atoms with Crippen LogP contribution in [0.25, 0.3) is 0 Å². The minimum absolute atomic E-state index is 0.244. The maximum Gasteiger partial charge on any atom is 0.163 e. The highest BCUT2D eigenvalue weighted by molar-refractivity contribution is 5.29. The summed E-state index contributed by atoms with van der Waals surface area (Å²) in [7, 11) is 0. The number of hydrogen-bond acceptors (Lipinski definition) is 2. The Hall–Kier alpha value is -1.78. The van der Waals surface area contributed by atoms with Crippen molar-refractivity contribution in [2.24, 2.45) is 5.73 Å². The van der Waals surface area contributed by atoms with Gasteiger partial charge in [0.15, 0.2) is 11.6 Å². The molecule has 110 valence electrons. The highest BCUT2D eigenvalue weighted by Crippen LogP contribution is 2.22. The van der Waals surface area contributed by atoms with Gasteiger partial charge in [0.1, 0.15) is 0 Å². The molecule has 0 radical (unpaired) electrons. The smallest absolute Gasteiger partial charge is 0.163 e. The molecule has 1 aliphatic heterocycles. The van der Waals surface area contributed by atoms with Gasteiger partial charge in [-0.1, -0.05) is 36.4 Å². The Morgan fingerprint density at radius 3 is 2.62 bits per heavy atom. The number of hydrogen-bond donors (Lipinski definition) is 1. The largest absolute Gasteiger partial charge is 0.323 e. The molecule has 2 aromatic rings. The van der Waals surface area contributed by atoms with E-state index in [4.69, 9.17) is 5.73 Å². The SMILES string of the molecule is NC(CN1CCc2ccccc2C1)c1cccc(F)c1F. The molecule has 0 saturated carbocycles. The Balaban J connectivity index is 1.72. The van der Waals surface area contributed by atoms with Crippen molar-refractivity contribution in [2.75, 3.05) is 13.1 Å². The van der Waals surface area contributed by atoms with E-state index >= 15 is 0 Å². The van der Waals surface area contributed by atoms with Gasteiger partial charge in [0.25, 0.3) is 0 Å². The van der Waals surface area contributed by atoms with E-state index in [1.165, 1.54) is 17.2 Å². The van der Waals surface area contributed by atoms with Crippen molar-refractivity contribution in [3.05, 3.63) is 70.8 Å². The number of benzene rings is 2. The third-order valence-corrected chi connectivity index (χ3v) is 4.05. The highest BCUT2D eigenvalue weighted by atomic mass is 19.2. The van der Waals surface area contributed by atoms with Crippen molar-refractivity contribution in [1.82, 2.24) is 4.90 Å². The van der Waals surface area contributed by atoms with Gasteiger partial charge in [-0.05, 0) is 23.6 Å². The number of nitrogens with two attached hydrogens (primary N) is 1. The molecule has 0 amide bonds. The maximum absolute atomic E-state index is 13.8. The first-order valence-corrected chi connectivity index (χ1v) is 7.14. The molecule has 1 aliphatic rings. The number of fused-ring (bicyclic) bond motifs is 1. The molecule has 0 aliphatic carbocycles. The second-order valence-electron chi connectivity index (χ2n) is 5.50. The average molecular weight is 288 g/mol. The summed E-state index contributed by atoms with van der Waals surface area (Å²) in [6.45, 7) is 2.22. The molecular weight excluding hydrogens is 270 g/mol. The summed E-state index contributed by atoms with van der Waals surface area (Å²) < 4.78 is 27.0. The quantitative estimate of drug-likeness (QED) is 0.940. The fourth-order valence-electron chi connectivity index (χ4n) is 2.89. The van der Waals surface area contributed by atoms with Crippen LogP contribution >= 0.6 is 0 Å². The van der Waals surface area contributed by atoms with Gasteiger partial charge in [-0.3, -0.25) is 4.90 Å². The second kappa shape index (κ2) is 5.92. The first-order valence-electron chi connectivity index (χ1n) is 7.14. The molecule has 0 spiro atoms. The van der Waals surface area contributed by atoms with Gasteiger partial charge in [0, 0.05) is 31.2 Å². The molecule has 0 fully saturated rings. The topological polar surface area (TPSA) is 29.3 Å². The molecule has 3 rings (SSSR count). The molecule has 1 heterocycles. The lowest BCUT2D eigenvalue weighted by molar-refractivity contribution is 0.237. The summed E-state index contributed by atoms with van der Waals surface area (Å²) in [5, 5.41) is 0. The van der Waals surface area contributed by atoms with Gasteiger partial charge >= 0.3 is 0 Å². The first kappa shape index (κ1) is 14.2. The summed E-state index contributed by atoms with van der Waals surface area (Å²) in [4.78, 5) is 2.19. The van der Waals surface area contributed by atoms with Crippen molar-refractivity contribution >= 4 is 0 Å². The summed E-state index contributed by atoms with van der Waals surface area (Å²) in [5.41, 5.74) is 8.96. The monoisotopic (exact) mass is 288 g/mol. The molecular formula is C17H18F2N2. The van der Waals surface area contributed by atoms with Crippen LogP contribution in [0.1, 0.15) is 22.7 Å². The van der Waals surface area contributed by atoms with Gasteiger partial charge in [-0.2, -0.15) is 0 Å². The van der Waals surface area contributed by atoms with E-state index in [1.807, 2.05) is 12.1 Å². The molecule has 4 heteroatoms. The van der Waals surface area contributed by atoms with E-state index in [1.54, 1.807) is 6.07 Å². The van der Waals surface area contributed by atoms with Crippen LogP contribution in [0.4, 0.5) is 8.78 Å². The molecule has 1 atom stereocenters. The van der Waals surface area contributed by atoms with Crippen LogP contribution in [-0.4, -0.2) is 18.0 Å². The minimum atomic E-state index is -0.841. The summed E-state index contributed by atoms with van der Waals surface area (Å²) >= 11 is 0. The zero-order valence-corrected chi connectivity index (χ0v) is 11.7. The molecule has 21 heavy (non-hydrogen) atoms. The Morgan fingerprint density at radius 1 is 1.05 bits per heavy atom. The van der Waals surface area contributed by atoms with Gasteiger partial charge in [-0.15, -0.1) is 0 Å². The summed E-state index contributed by atoms with van der Waals surface area (Å²) in [6, 6.07) is 12.0. The Labute approximate surface area is 123 Å². The second-order valence-corrected chi connectivity index (χ2v) is 5.50. The predicted octanol–water partition coefficient (Wildman–Crippen LogP) is 3.02. The van der Waals surface area contributed by atoms with Crippen LogP contribution < -0.4 is 5.73 Å². The molecule has 0 saturated heterocycles. The van der Waals surface area contributed by atoms with Gasteiger partial charge in [0.2, 0.25) is 0 Å². The van der Waals surface area contributed by atoms with Crippen molar-refractivity contribution in [1.29, 1.82) is 0 Å². The number of nitrogens with zero attached hydrogens (tertiary/aromatic N) is 1. The highest BCUT2D eigenvalue weighted by Gasteiger charge is 2.21. The van der Waals surface area contributed by atoms with E-state index in [9.17, 15) is 8.78 Å². The summed E-state index contributed by atoms with van der Waals surface area (Å²) in [6.07, 6.45) is 0.967. The normalized spacial score (nSPS) is 16.5. The van der Waals surface area contributed by atoms with Gasteiger partial charge < -0.3 is 5.73 Å². The van der Waals surface area contributed by atoms with Crippen LogP contribution in [0.2, 0.25) is 0 Å². The van der Waals surface area contributed by atoms with E-state index in [2.05, 4.69) is 17.0 Å². The molecule has 2 aromatic carbocycles. The third-order valence-electron chi connectivity index (χ3n) is 4.05. The van der Waals surface area contributed by atoms with Crippen molar-refractivity contribution < 1.29 is 8.78 Å². The average Bonchev–Trinajstić information content (AvgIpc) is 2.50. The molecule has 1 unspecified atom stereocenters. The van der Waals surface area contributed by atoms with Crippen LogP contribution in [0.15, 0.2) is 42.5 Å². The fraction of sp³-hybridized carbons (Fsp3) is 0.294. The lowest BCUT2D eigenvalue weighted by Crippen LogP contribution is -2.36. The minimum Gasteiger partial charge on any atom is -0.323 e. The van der Waals surface area contributed by atoms with Crippen LogP contribution in [0.5, 0.6) is 0 Å². The molecule has 2 N–H and O–H groups in total. The van der Waals surface area contributed by atoms with E-state index in [-0.39, 0.29) is 5.56 Å². The van der Waals surface area contributed by atoms with E-state index in [0.717, 1.165) is 25.6 Å². The van der Waals surface area contributed by atoms with Crippen LogP contribution in [0, 0.1) is 11.6 Å². The molecule has 0 aromatic heterocycles. The first-order chi connectivity index (χ1) is 10.1. The predicted molar refractivity (Wildman–Crippen MR) is 78.7 cm³/mol. The van der Waals surface area contributed by atoms with Crippen LogP contribution in [-0.2, 0) is 13.0 Å². The lowest BCUT2D eigenvalue weighted by Gasteiger charge is -2.30. The Morgan fingerprint density at radius 2 is 1.81 bits per heavy atom. The zero-order valence-electron chi connectivity index (χ0n) is 11.7.